The number of piperidine rings is 1. The van der Waals surface area contributed by atoms with E-state index in [1.54, 1.807) is 11.8 Å². The molecule has 18 heavy (non-hydrogen) atoms. The smallest absolute Gasteiger partial charge is 0.410 e. The minimum absolute atomic E-state index is 0.154. The normalized spacial score (nSPS) is 19.4. The number of carbonyl (C=O) groups excluding carboxylic acids is 1. The van der Waals surface area contributed by atoms with E-state index < -0.39 is 11.6 Å². The van der Waals surface area contributed by atoms with Crippen LogP contribution in [0, 0.1) is 11.8 Å². The summed E-state index contributed by atoms with van der Waals surface area (Å²) in [6.07, 6.45) is 1.16. The van der Waals surface area contributed by atoms with E-state index in [-0.39, 0.29) is 17.9 Å². The molecule has 0 aromatic heterocycles. The highest BCUT2D eigenvalue weighted by Gasteiger charge is 2.31. The molecule has 0 spiro atoms. The molecule has 5 heteroatoms. The molecule has 1 aliphatic heterocycles. The van der Waals surface area contributed by atoms with Gasteiger partial charge >= 0.3 is 12.1 Å². The zero-order valence-electron chi connectivity index (χ0n) is 11.6. The SMILES string of the molecule is C[C@@H](C(=O)O)C1CCN(C(=O)OC(C)(C)C)CC1. The van der Waals surface area contributed by atoms with Gasteiger partial charge in [-0.15, -0.1) is 0 Å². The third-order valence-corrected chi connectivity index (χ3v) is 3.29. The summed E-state index contributed by atoms with van der Waals surface area (Å²) in [7, 11) is 0. The minimum Gasteiger partial charge on any atom is -0.481 e. The van der Waals surface area contributed by atoms with Crippen molar-refractivity contribution in [2.24, 2.45) is 11.8 Å². The van der Waals surface area contributed by atoms with Crippen molar-refractivity contribution in [3.8, 4) is 0 Å². The summed E-state index contributed by atoms with van der Waals surface area (Å²) >= 11 is 0. The fourth-order valence-corrected chi connectivity index (χ4v) is 2.11. The maximum Gasteiger partial charge on any atom is 0.410 e. The van der Waals surface area contributed by atoms with Gasteiger partial charge in [-0.3, -0.25) is 4.79 Å². The van der Waals surface area contributed by atoms with Gasteiger partial charge in [-0.25, -0.2) is 4.79 Å². The molecule has 0 aromatic rings. The van der Waals surface area contributed by atoms with Crippen LogP contribution in [-0.4, -0.2) is 40.8 Å². The molecule has 1 N–H and O–H groups in total. The van der Waals surface area contributed by atoms with Crippen LogP contribution in [0.4, 0.5) is 4.79 Å². The van der Waals surface area contributed by atoms with E-state index >= 15 is 0 Å². The number of hydrogen-bond acceptors (Lipinski definition) is 3. The third-order valence-electron chi connectivity index (χ3n) is 3.29. The van der Waals surface area contributed by atoms with Gasteiger partial charge in [0.05, 0.1) is 5.92 Å². The second-order valence-corrected chi connectivity index (χ2v) is 5.93. The summed E-state index contributed by atoms with van der Waals surface area (Å²) in [5.74, 6) is -0.947. The highest BCUT2D eigenvalue weighted by Crippen LogP contribution is 2.26. The van der Waals surface area contributed by atoms with E-state index in [9.17, 15) is 9.59 Å². The third kappa shape index (κ3) is 4.20. The molecule has 0 radical (unpaired) electrons. The summed E-state index contributed by atoms with van der Waals surface area (Å²) in [5.41, 5.74) is -0.484. The average Bonchev–Trinajstić information content (AvgIpc) is 2.26. The van der Waals surface area contributed by atoms with Gasteiger partial charge in [0.15, 0.2) is 0 Å². The molecule has 0 aromatic carbocycles. The molecule has 1 fully saturated rings. The molecule has 0 unspecified atom stereocenters. The Morgan fingerprint density at radius 2 is 1.78 bits per heavy atom. The average molecular weight is 257 g/mol. The van der Waals surface area contributed by atoms with E-state index in [4.69, 9.17) is 9.84 Å². The number of rotatable bonds is 2. The number of likely N-dealkylation sites (tertiary alicyclic amines) is 1. The number of ether oxygens (including phenoxy) is 1. The van der Waals surface area contributed by atoms with Gasteiger partial charge in [-0.2, -0.15) is 0 Å². The number of carboxylic acid groups (broad SMARTS) is 1. The number of carbonyl (C=O) groups is 2. The van der Waals surface area contributed by atoms with E-state index in [1.165, 1.54) is 0 Å². The highest BCUT2D eigenvalue weighted by molar-refractivity contribution is 5.70. The molecule has 1 rings (SSSR count). The number of hydrogen-bond donors (Lipinski definition) is 1. The molecule has 1 atom stereocenters. The molecule has 5 nitrogen and oxygen atoms in total. The van der Waals surface area contributed by atoms with Gasteiger partial charge in [0.2, 0.25) is 0 Å². The topological polar surface area (TPSA) is 66.8 Å². The first-order valence-corrected chi connectivity index (χ1v) is 6.41. The van der Waals surface area contributed by atoms with Gasteiger partial charge in [0, 0.05) is 13.1 Å². The Bertz CT molecular complexity index is 313. The summed E-state index contributed by atoms with van der Waals surface area (Å²) in [6, 6.07) is 0. The van der Waals surface area contributed by atoms with Crippen molar-refractivity contribution < 1.29 is 19.4 Å². The first-order chi connectivity index (χ1) is 8.20. The summed E-state index contributed by atoms with van der Waals surface area (Å²) in [5, 5.41) is 8.96. The zero-order chi connectivity index (χ0) is 13.9. The number of carboxylic acids is 1. The molecule has 104 valence electrons. The van der Waals surface area contributed by atoms with Crippen LogP contribution >= 0.6 is 0 Å². The van der Waals surface area contributed by atoms with Crippen molar-refractivity contribution in [3.05, 3.63) is 0 Å². The molecular formula is C13H23NO4. The largest absolute Gasteiger partial charge is 0.481 e. The minimum atomic E-state index is -0.759. The Labute approximate surface area is 108 Å². The lowest BCUT2D eigenvalue weighted by atomic mass is 9.85. The van der Waals surface area contributed by atoms with Crippen molar-refractivity contribution in [1.82, 2.24) is 4.90 Å². The Hall–Kier alpha value is -1.26. The fraction of sp³-hybridized carbons (Fsp3) is 0.846. The first-order valence-electron chi connectivity index (χ1n) is 6.41. The Balaban J connectivity index is 2.44. The van der Waals surface area contributed by atoms with Crippen molar-refractivity contribution in [2.75, 3.05) is 13.1 Å². The predicted octanol–water partition coefficient (Wildman–Crippen LogP) is 2.35. The van der Waals surface area contributed by atoms with Crippen LogP contribution in [0.15, 0.2) is 0 Å². The molecule has 1 heterocycles. The van der Waals surface area contributed by atoms with Gasteiger partial charge < -0.3 is 14.7 Å². The second-order valence-electron chi connectivity index (χ2n) is 5.93. The van der Waals surface area contributed by atoms with Crippen LogP contribution in [-0.2, 0) is 9.53 Å². The van der Waals surface area contributed by atoms with Crippen molar-refractivity contribution in [2.45, 2.75) is 46.1 Å². The van der Waals surface area contributed by atoms with E-state index in [1.807, 2.05) is 20.8 Å². The first kappa shape index (κ1) is 14.8. The van der Waals surface area contributed by atoms with E-state index in [2.05, 4.69) is 0 Å². The Kier molecular flexibility index (Phi) is 4.59. The predicted molar refractivity (Wildman–Crippen MR) is 67.3 cm³/mol. The highest BCUT2D eigenvalue weighted by atomic mass is 16.6. The van der Waals surface area contributed by atoms with Crippen LogP contribution < -0.4 is 0 Å². The van der Waals surface area contributed by atoms with Crippen LogP contribution in [0.5, 0.6) is 0 Å². The molecule has 0 aliphatic carbocycles. The fourth-order valence-electron chi connectivity index (χ4n) is 2.11. The van der Waals surface area contributed by atoms with Crippen LogP contribution in [0.25, 0.3) is 0 Å². The molecule has 1 saturated heterocycles. The monoisotopic (exact) mass is 257 g/mol. The summed E-state index contributed by atoms with van der Waals surface area (Å²) in [6.45, 7) is 8.41. The molecular weight excluding hydrogens is 234 g/mol. The lowest BCUT2D eigenvalue weighted by Gasteiger charge is -2.34. The lowest BCUT2D eigenvalue weighted by Crippen LogP contribution is -2.43. The van der Waals surface area contributed by atoms with Gasteiger partial charge in [0.25, 0.3) is 0 Å². The molecule has 1 aliphatic rings. The standard InChI is InChI=1S/C13H23NO4/c1-9(11(15)16)10-5-7-14(8-6-10)12(17)18-13(2,3)4/h9-10H,5-8H2,1-4H3,(H,15,16)/t9-/m1/s1. The second kappa shape index (κ2) is 5.59. The van der Waals surface area contributed by atoms with Crippen molar-refractivity contribution in [1.29, 1.82) is 0 Å². The number of nitrogens with zero attached hydrogens (tertiary/aromatic N) is 1. The van der Waals surface area contributed by atoms with Crippen LogP contribution in [0.2, 0.25) is 0 Å². The van der Waals surface area contributed by atoms with Crippen LogP contribution in [0.3, 0.4) is 0 Å². The Morgan fingerprint density at radius 3 is 2.17 bits per heavy atom. The van der Waals surface area contributed by atoms with E-state index in [0.29, 0.717) is 13.1 Å². The number of aliphatic carboxylic acids is 1. The number of amides is 1. The maximum absolute atomic E-state index is 11.8. The molecule has 1 amide bonds. The van der Waals surface area contributed by atoms with Crippen molar-refractivity contribution in [3.63, 3.8) is 0 Å². The quantitative estimate of drug-likeness (QED) is 0.824. The maximum atomic E-state index is 11.8. The zero-order valence-corrected chi connectivity index (χ0v) is 11.6. The lowest BCUT2D eigenvalue weighted by molar-refractivity contribution is -0.143. The Morgan fingerprint density at radius 1 is 1.28 bits per heavy atom. The molecule has 0 saturated carbocycles. The molecule has 0 bridgehead atoms. The van der Waals surface area contributed by atoms with Crippen molar-refractivity contribution >= 4 is 12.1 Å². The van der Waals surface area contributed by atoms with E-state index in [0.717, 1.165) is 12.8 Å². The summed E-state index contributed by atoms with van der Waals surface area (Å²) in [4.78, 5) is 24.4. The van der Waals surface area contributed by atoms with Gasteiger partial charge in [-0.05, 0) is 39.5 Å². The summed E-state index contributed by atoms with van der Waals surface area (Å²) < 4.78 is 5.29. The van der Waals surface area contributed by atoms with Crippen LogP contribution in [0.1, 0.15) is 40.5 Å². The van der Waals surface area contributed by atoms with Gasteiger partial charge in [0.1, 0.15) is 5.60 Å². The van der Waals surface area contributed by atoms with Gasteiger partial charge in [-0.1, -0.05) is 6.92 Å².